The van der Waals surface area contributed by atoms with Crippen LogP contribution in [0.4, 0.5) is 0 Å². The maximum absolute atomic E-state index is 13.2. The summed E-state index contributed by atoms with van der Waals surface area (Å²) in [6.07, 6.45) is 2.68. The quantitative estimate of drug-likeness (QED) is 0.600. The molecule has 0 aromatic heterocycles. The second kappa shape index (κ2) is 10.1. The number of carbonyl (C=O) groups is 1. The maximum atomic E-state index is 13.2. The van der Waals surface area contributed by atoms with Crippen molar-refractivity contribution >= 4 is 15.9 Å². The molecule has 1 saturated heterocycles. The molecule has 0 bridgehead atoms. The summed E-state index contributed by atoms with van der Waals surface area (Å²) in [4.78, 5) is 15.3. The van der Waals surface area contributed by atoms with Gasteiger partial charge in [-0.2, -0.15) is 9.57 Å². The molecular formula is C25H29N3O3S. The zero-order chi connectivity index (χ0) is 23.3. The highest BCUT2D eigenvalue weighted by molar-refractivity contribution is 7.89. The molecule has 1 amide bonds. The van der Waals surface area contributed by atoms with Gasteiger partial charge in [0.05, 0.1) is 16.5 Å². The van der Waals surface area contributed by atoms with E-state index in [1.165, 1.54) is 4.31 Å². The van der Waals surface area contributed by atoms with Crippen molar-refractivity contribution in [3.63, 3.8) is 0 Å². The molecule has 1 aliphatic heterocycles. The number of sulfonamides is 1. The standard InChI is InChI=1S/C25H29N3O3S/c1-4-13-27(18-22-8-6-21(17-26)7-9-22)25(29)23-11-14-28(15-12-23)32(30,31)24-10-5-19(2)16-20(24)3/h4-10,16,23H,1,11-15,18H2,2-3H3. The van der Waals surface area contributed by atoms with Crippen molar-refractivity contribution in [2.24, 2.45) is 5.92 Å². The van der Waals surface area contributed by atoms with E-state index >= 15 is 0 Å². The smallest absolute Gasteiger partial charge is 0.243 e. The Bertz CT molecular complexity index is 1130. The number of rotatable bonds is 7. The van der Waals surface area contributed by atoms with Crippen molar-refractivity contribution in [2.75, 3.05) is 19.6 Å². The minimum Gasteiger partial charge on any atom is -0.334 e. The zero-order valence-corrected chi connectivity index (χ0v) is 19.4. The molecule has 0 spiro atoms. The molecule has 3 rings (SSSR count). The Morgan fingerprint density at radius 3 is 2.41 bits per heavy atom. The minimum atomic E-state index is -3.58. The van der Waals surface area contributed by atoms with Gasteiger partial charge in [0.2, 0.25) is 15.9 Å². The van der Waals surface area contributed by atoms with E-state index in [0.29, 0.717) is 49.5 Å². The van der Waals surface area contributed by atoms with Crippen LogP contribution in [0.1, 0.15) is 35.1 Å². The molecule has 0 atom stereocenters. The lowest BCUT2D eigenvalue weighted by Crippen LogP contribution is -2.44. The minimum absolute atomic E-state index is 0.0119. The molecule has 0 N–H and O–H groups in total. The number of piperidine rings is 1. The molecule has 0 unspecified atom stereocenters. The molecule has 2 aromatic rings. The molecule has 0 radical (unpaired) electrons. The van der Waals surface area contributed by atoms with Gasteiger partial charge in [0.15, 0.2) is 0 Å². The van der Waals surface area contributed by atoms with Crippen LogP contribution in [0.2, 0.25) is 0 Å². The summed E-state index contributed by atoms with van der Waals surface area (Å²) in [6.45, 7) is 9.01. The van der Waals surface area contributed by atoms with Gasteiger partial charge in [-0.15, -0.1) is 6.58 Å². The van der Waals surface area contributed by atoms with Crippen LogP contribution in [0, 0.1) is 31.1 Å². The van der Waals surface area contributed by atoms with Gasteiger partial charge in [-0.25, -0.2) is 8.42 Å². The highest BCUT2D eigenvalue weighted by atomic mass is 32.2. The molecule has 6 nitrogen and oxygen atoms in total. The summed E-state index contributed by atoms with van der Waals surface area (Å²) in [6, 6.07) is 14.6. The molecule has 32 heavy (non-hydrogen) atoms. The van der Waals surface area contributed by atoms with Gasteiger partial charge in [0.25, 0.3) is 0 Å². The zero-order valence-electron chi connectivity index (χ0n) is 18.6. The van der Waals surface area contributed by atoms with E-state index in [4.69, 9.17) is 5.26 Å². The summed E-state index contributed by atoms with van der Waals surface area (Å²) in [5, 5.41) is 8.96. The van der Waals surface area contributed by atoms with Crippen molar-refractivity contribution in [1.82, 2.24) is 9.21 Å². The number of nitriles is 1. The van der Waals surface area contributed by atoms with Gasteiger partial charge in [-0.05, 0) is 56.0 Å². The van der Waals surface area contributed by atoms with E-state index in [0.717, 1.165) is 16.7 Å². The fourth-order valence-electron chi connectivity index (χ4n) is 4.12. The lowest BCUT2D eigenvalue weighted by molar-refractivity contribution is -0.136. The molecule has 7 heteroatoms. The Morgan fingerprint density at radius 1 is 1.19 bits per heavy atom. The number of aryl methyl sites for hydroxylation is 2. The Labute approximate surface area is 190 Å². The predicted molar refractivity (Wildman–Crippen MR) is 124 cm³/mol. The molecular weight excluding hydrogens is 422 g/mol. The van der Waals surface area contributed by atoms with Crippen molar-refractivity contribution in [2.45, 2.75) is 38.1 Å². The number of hydrogen-bond donors (Lipinski definition) is 0. The second-order valence-electron chi connectivity index (χ2n) is 8.26. The lowest BCUT2D eigenvalue weighted by atomic mass is 9.96. The van der Waals surface area contributed by atoms with E-state index in [1.54, 1.807) is 29.2 Å². The van der Waals surface area contributed by atoms with Crippen LogP contribution < -0.4 is 0 Å². The molecule has 1 aliphatic rings. The van der Waals surface area contributed by atoms with Crippen LogP contribution in [-0.2, 0) is 21.4 Å². The third kappa shape index (κ3) is 5.26. The highest BCUT2D eigenvalue weighted by Crippen LogP contribution is 2.27. The largest absolute Gasteiger partial charge is 0.334 e. The van der Waals surface area contributed by atoms with E-state index < -0.39 is 10.0 Å². The van der Waals surface area contributed by atoms with Gasteiger partial charge in [0.1, 0.15) is 0 Å². The number of carbonyl (C=O) groups excluding carboxylic acids is 1. The fourth-order valence-corrected chi connectivity index (χ4v) is 5.80. The van der Waals surface area contributed by atoms with Crippen LogP contribution in [0.5, 0.6) is 0 Å². The van der Waals surface area contributed by atoms with Crippen molar-refractivity contribution < 1.29 is 13.2 Å². The fraction of sp³-hybridized carbons (Fsp3) is 0.360. The number of nitrogens with zero attached hydrogens (tertiary/aromatic N) is 3. The Kier molecular flexibility index (Phi) is 7.49. The summed E-state index contributed by atoms with van der Waals surface area (Å²) in [5.41, 5.74) is 3.28. The van der Waals surface area contributed by atoms with E-state index in [1.807, 2.05) is 38.1 Å². The molecule has 0 saturated carbocycles. The first kappa shape index (κ1) is 23.7. The van der Waals surface area contributed by atoms with Crippen molar-refractivity contribution in [3.8, 4) is 6.07 Å². The molecule has 168 valence electrons. The molecule has 0 aliphatic carbocycles. The van der Waals surface area contributed by atoms with Crippen molar-refractivity contribution in [1.29, 1.82) is 5.26 Å². The topological polar surface area (TPSA) is 81.5 Å². The van der Waals surface area contributed by atoms with Gasteiger partial charge >= 0.3 is 0 Å². The van der Waals surface area contributed by atoms with Crippen LogP contribution >= 0.6 is 0 Å². The first-order chi connectivity index (χ1) is 15.3. The summed E-state index contributed by atoms with van der Waals surface area (Å²) in [7, 11) is -3.58. The third-order valence-electron chi connectivity index (χ3n) is 5.87. The lowest BCUT2D eigenvalue weighted by Gasteiger charge is -2.33. The predicted octanol–water partition coefficient (Wildman–Crippen LogP) is 3.79. The Balaban J connectivity index is 1.67. The number of amides is 1. The SMILES string of the molecule is C=CCN(Cc1ccc(C#N)cc1)C(=O)C1CCN(S(=O)(=O)c2ccc(C)cc2C)CC1. The number of benzene rings is 2. The molecule has 1 fully saturated rings. The Hall–Kier alpha value is -2.95. The van der Waals surface area contributed by atoms with Gasteiger partial charge in [0, 0.05) is 32.1 Å². The van der Waals surface area contributed by atoms with Crippen LogP contribution in [-0.4, -0.2) is 43.2 Å². The summed E-state index contributed by atoms with van der Waals surface area (Å²) in [5.74, 6) is -0.211. The van der Waals surface area contributed by atoms with Crippen LogP contribution in [0.3, 0.4) is 0 Å². The second-order valence-corrected chi connectivity index (χ2v) is 10.2. The summed E-state index contributed by atoms with van der Waals surface area (Å²) >= 11 is 0. The van der Waals surface area contributed by atoms with Gasteiger partial charge < -0.3 is 4.90 Å². The van der Waals surface area contributed by atoms with Crippen LogP contribution in [0.25, 0.3) is 0 Å². The van der Waals surface area contributed by atoms with Crippen LogP contribution in [0.15, 0.2) is 60.0 Å². The monoisotopic (exact) mass is 451 g/mol. The average Bonchev–Trinajstić information content (AvgIpc) is 2.78. The normalized spacial score (nSPS) is 15.2. The van der Waals surface area contributed by atoms with E-state index in [2.05, 4.69) is 12.6 Å². The molecule has 1 heterocycles. The van der Waals surface area contributed by atoms with Crippen molar-refractivity contribution in [3.05, 3.63) is 77.4 Å². The first-order valence-corrected chi connectivity index (χ1v) is 12.2. The van der Waals surface area contributed by atoms with E-state index in [-0.39, 0.29) is 11.8 Å². The highest BCUT2D eigenvalue weighted by Gasteiger charge is 2.34. The third-order valence-corrected chi connectivity index (χ3v) is 7.93. The molecule has 2 aromatic carbocycles. The van der Waals surface area contributed by atoms with Gasteiger partial charge in [-0.1, -0.05) is 35.9 Å². The van der Waals surface area contributed by atoms with Gasteiger partial charge in [-0.3, -0.25) is 4.79 Å². The summed E-state index contributed by atoms with van der Waals surface area (Å²) < 4.78 is 27.7. The first-order valence-electron chi connectivity index (χ1n) is 10.7. The maximum Gasteiger partial charge on any atom is 0.243 e. The van der Waals surface area contributed by atoms with E-state index in [9.17, 15) is 13.2 Å². The Morgan fingerprint density at radius 2 is 1.84 bits per heavy atom. The number of hydrogen-bond acceptors (Lipinski definition) is 4. The average molecular weight is 452 g/mol.